The zero-order valence-electron chi connectivity index (χ0n) is 10.4. The zero-order chi connectivity index (χ0) is 13.3. The highest BCUT2D eigenvalue weighted by Crippen LogP contribution is 2.21. The molecule has 0 aliphatic carbocycles. The van der Waals surface area contributed by atoms with Gasteiger partial charge in [-0.1, -0.05) is 6.92 Å². The molecule has 0 fully saturated rings. The van der Waals surface area contributed by atoms with Gasteiger partial charge in [-0.05, 0) is 19.4 Å². The number of aromatic nitrogens is 2. The molecule has 0 unspecified atom stereocenters. The van der Waals surface area contributed by atoms with E-state index < -0.39 is 6.10 Å². The second-order valence-electron chi connectivity index (χ2n) is 4.20. The van der Waals surface area contributed by atoms with E-state index in [-0.39, 0.29) is 18.7 Å². The van der Waals surface area contributed by atoms with E-state index >= 15 is 0 Å². The third kappa shape index (κ3) is 2.31. The number of thiophene rings is 1. The molecule has 2 aromatic rings. The number of aryl methyl sites for hydroxylation is 2. The highest BCUT2D eigenvalue weighted by Gasteiger charge is 2.13. The second-order valence-corrected chi connectivity index (χ2v) is 5.31. The number of aliphatic hydroxyl groups is 2. The Hall–Kier alpha value is -1.24. The fourth-order valence-corrected chi connectivity index (χ4v) is 2.83. The van der Waals surface area contributed by atoms with Gasteiger partial charge in [0.25, 0.3) is 5.56 Å². The van der Waals surface area contributed by atoms with Crippen molar-refractivity contribution in [3.8, 4) is 0 Å². The topological polar surface area (TPSA) is 75.4 Å². The van der Waals surface area contributed by atoms with Gasteiger partial charge in [0.15, 0.2) is 0 Å². The van der Waals surface area contributed by atoms with Gasteiger partial charge >= 0.3 is 0 Å². The largest absolute Gasteiger partial charge is 0.394 e. The van der Waals surface area contributed by atoms with E-state index in [0.29, 0.717) is 11.2 Å². The first-order valence-electron chi connectivity index (χ1n) is 5.85. The number of aliphatic hydroxyl groups excluding tert-OH is 2. The molecule has 5 nitrogen and oxygen atoms in total. The van der Waals surface area contributed by atoms with Crippen LogP contribution in [-0.4, -0.2) is 32.5 Å². The van der Waals surface area contributed by atoms with Crippen molar-refractivity contribution < 1.29 is 10.2 Å². The quantitative estimate of drug-likeness (QED) is 0.855. The summed E-state index contributed by atoms with van der Waals surface area (Å²) < 4.78 is 1.41. The van der Waals surface area contributed by atoms with E-state index in [1.165, 1.54) is 15.9 Å². The SMILES string of the molecule is CCc1cc2c(=O)n(C[C@H](O)CO)c(C)nc2s1. The van der Waals surface area contributed by atoms with E-state index in [1.54, 1.807) is 6.92 Å². The first kappa shape index (κ1) is 13.2. The van der Waals surface area contributed by atoms with Crippen LogP contribution in [0.1, 0.15) is 17.6 Å². The van der Waals surface area contributed by atoms with E-state index in [2.05, 4.69) is 4.98 Å². The van der Waals surface area contributed by atoms with Crippen molar-refractivity contribution in [1.29, 1.82) is 0 Å². The van der Waals surface area contributed by atoms with Crippen LogP contribution in [0.4, 0.5) is 0 Å². The maximum atomic E-state index is 12.3. The Labute approximate surface area is 108 Å². The monoisotopic (exact) mass is 268 g/mol. The standard InChI is InChI=1S/C12H16N2O3S/c1-3-9-4-10-11(18-9)13-7(2)14(12(10)17)5-8(16)6-15/h4,8,15-16H,3,5-6H2,1-2H3/t8-/m0/s1. The Balaban J connectivity index is 2.57. The smallest absolute Gasteiger partial charge is 0.262 e. The van der Waals surface area contributed by atoms with Gasteiger partial charge in [-0.2, -0.15) is 0 Å². The van der Waals surface area contributed by atoms with Gasteiger partial charge in [0.05, 0.1) is 24.6 Å². The van der Waals surface area contributed by atoms with Crippen LogP contribution in [0.2, 0.25) is 0 Å². The molecule has 0 aliphatic rings. The van der Waals surface area contributed by atoms with Crippen LogP contribution in [0.5, 0.6) is 0 Å². The number of hydrogen-bond acceptors (Lipinski definition) is 5. The predicted octanol–water partition coefficient (Wildman–Crippen LogP) is 0.682. The summed E-state index contributed by atoms with van der Waals surface area (Å²) in [7, 11) is 0. The lowest BCUT2D eigenvalue weighted by Crippen LogP contribution is -2.30. The van der Waals surface area contributed by atoms with Crippen LogP contribution in [0.15, 0.2) is 10.9 Å². The summed E-state index contributed by atoms with van der Waals surface area (Å²) >= 11 is 1.52. The van der Waals surface area contributed by atoms with E-state index in [9.17, 15) is 9.90 Å². The molecule has 98 valence electrons. The molecule has 0 saturated carbocycles. The number of fused-ring (bicyclic) bond motifs is 1. The third-order valence-electron chi connectivity index (χ3n) is 2.85. The number of nitrogens with zero attached hydrogens (tertiary/aromatic N) is 2. The van der Waals surface area contributed by atoms with E-state index in [4.69, 9.17) is 5.11 Å². The minimum Gasteiger partial charge on any atom is -0.394 e. The fourth-order valence-electron chi connectivity index (χ4n) is 1.83. The molecule has 0 bridgehead atoms. The lowest BCUT2D eigenvalue weighted by atomic mass is 10.3. The summed E-state index contributed by atoms with van der Waals surface area (Å²) in [5, 5.41) is 18.9. The fraction of sp³-hybridized carbons (Fsp3) is 0.500. The Bertz CT molecular complexity index is 618. The van der Waals surface area contributed by atoms with Crippen molar-refractivity contribution >= 4 is 21.6 Å². The molecular formula is C12H16N2O3S. The van der Waals surface area contributed by atoms with Gasteiger partial charge in [-0.15, -0.1) is 11.3 Å². The molecule has 2 rings (SSSR count). The number of rotatable bonds is 4. The molecule has 0 radical (unpaired) electrons. The van der Waals surface area contributed by atoms with Crippen molar-refractivity contribution in [3.05, 3.63) is 27.1 Å². The molecule has 0 spiro atoms. The summed E-state index contributed by atoms with van der Waals surface area (Å²) in [5.74, 6) is 0.560. The summed E-state index contributed by atoms with van der Waals surface area (Å²) in [4.78, 5) is 18.5. The van der Waals surface area contributed by atoms with E-state index in [0.717, 1.165) is 16.1 Å². The van der Waals surface area contributed by atoms with Gasteiger partial charge in [-0.25, -0.2) is 4.98 Å². The average molecular weight is 268 g/mol. The summed E-state index contributed by atoms with van der Waals surface area (Å²) in [6.07, 6.45) is -0.0661. The highest BCUT2D eigenvalue weighted by atomic mass is 32.1. The molecule has 2 aromatic heterocycles. The van der Waals surface area contributed by atoms with Crippen LogP contribution in [-0.2, 0) is 13.0 Å². The minimum atomic E-state index is -0.940. The molecule has 0 aromatic carbocycles. The summed E-state index contributed by atoms with van der Waals surface area (Å²) in [6.45, 7) is 3.47. The molecular weight excluding hydrogens is 252 g/mol. The molecule has 0 aliphatic heterocycles. The lowest BCUT2D eigenvalue weighted by molar-refractivity contribution is 0.0797. The van der Waals surface area contributed by atoms with Crippen LogP contribution in [0.25, 0.3) is 10.2 Å². The van der Waals surface area contributed by atoms with Crippen LogP contribution in [0, 0.1) is 6.92 Å². The Kier molecular flexibility index (Phi) is 3.79. The average Bonchev–Trinajstić information content (AvgIpc) is 2.77. The Morgan fingerprint density at radius 1 is 1.56 bits per heavy atom. The lowest BCUT2D eigenvalue weighted by Gasteiger charge is -2.12. The third-order valence-corrected chi connectivity index (χ3v) is 4.02. The Morgan fingerprint density at radius 2 is 2.28 bits per heavy atom. The van der Waals surface area contributed by atoms with E-state index in [1.807, 2.05) is 13.0 Å². The molecule has 1 atom stereocenters. The van der Waals surface area contributed by atoms with Gasteiger partial charge in [0.2, 0.25) is 0 Å². The van der Waals surface area contributed by atoms with Gasteiger partial charge in [0.1, 0.15) is 10.7 Å². The maximum absolute atomic E-state index is 12.3. The highest BCUT2D eigenvalue weighted by molar-refractivity contribution is 7.18. The Morgan fingerprint density at radius 3 is 2.89 bits per heavy atom. The van der Waals surface area contributed by atoms with Crippen LogP contribution >= 0.6 is 11.3 Å². The predicted molar refractivity (Wildman–Crippen MR) is 71.1 cm³/mol. The van der Waals surface area contributed by atoms with Crippen LogP contribution in [0.3, 0.4) is 0 Å². The first-order valence-corrected chi connectivity index (χ1v) is 6.67. The van der Waals surface area contributed by atoms with Gasteiger partial charge in [0, 0.05) is 4.88 Å². The molecule has 2 N–H and O–H groups in total. The molecule has 0 amide bonds. The van der Waals surface area contributed by atoms with Crippen molar-refractivity contribution in [1.82, 2.24) is 9.55 Å². The van der Waals surface area contributed by atoms with Crippen molar-refractivity contribution in [3.63, 3.8) is 0 Å². The van der Waals surface area contributed by atoms with Gasteiger partial charge < -0.3 is 10.2 Å². The van der Waals surface area contributed by atoms with Gasteiger partial charge in [-0.3, -0.25) is 9.36 Å². The normalized spacial score (nSPS) is 13.1. The van der Waals surface area contributed by atoms with Crippen LogP contribution < -0.4 is 5.56 Å². The molecule has 6 heteroatoms. The first-order chi connectivity index (χ1) is 8.56. The summed E-state index contributed by atoms with van der Waals surface area (Å²) in [5.41, 5.74) is -0.152. The van der Waals surface area contributed by atoms with Crippen molar-refractivity contribution in [2.24, 2.45) is 0 Å². The zero-order valence-corrected chi connectivity index (χ0v) is 11.2. The molecule has 0 saturated heterocycles. The maximum Gasteiger partial charge on any atom is 0.262 e. The minimum absolute atomic E-state index is 0.0708. The van der Waals surface area contributed by atoms with Crippen molar-refractivity contribution in [2.75, 3.05) is 6.61 Å². The number of hydrogen-bond donors (Lipinski definition) is 2. The second kappa shape index (κ2) is 5.17. The molecule has 2 heterocycles. The molecule has 18 heavy (non-hydrogen) atoms. The van der Waals surface area contributed by atoms with Crippen molar-refractivity contribution in [2.45, 2.75) is 32.9 Å². The summed E-state index contributed by atoms with van der Waals surface area (Å²) in [6, 6.07) is 1.86.